The highest BCUT2D eigenvalue weighted by molar-refractivity contribution is 6.40. The van der Waals surface area contributed by atoms with E-state index in [4.69, 9.17) is 33.4 Å². The number of carbonyl (C=O) groups excluding carboxylic acids is 4. The third-order valence-corrected chi connectivity index (χ3v) is 11.6. The van der Waals surface area contributed by atoms with Crippen LogP contribution in [-0.4, -0.2) is 107 Å². The number of anilines is 2. The van der Waals surface area contributed by atoms with Crippen molar-refractivity contribution < 1.29 is 39.0 Å². The number of benzene rings is 2. The van der Waals surface area contributed by atoms with Gasteiger partial charge >= 0.3 is 11.9 Å². The number of hydrogen-bond donors (Lipinski definition) is 5. The monoisotopic (exact) mass is 863 g/mol. The topological polar surface area (TPSA) is 221 Å². The number of hydrogen-bond acceptors (Lipinski definition) is 10. The number of rotatable bonds is 17. The molecule has 4 aromatic rings. The van der Waals surface area contributed by atoms with Gasteiger partial charge in [0.05, 0.1) is 45.3 Å². The first-order valence-electron chi connectivity index (χ1n) is 19.6. The van der Waals surface area contributed by atoms with Crippen LogP contribution in [0.25, 0.3) is 11.1 Å². The molecule has 2 aliphatic rings. The van der Waals surface area contributed by atoms with E-state index in [1.807, 2.05) is 0 Å². The molecule has 0 unspecified atom stereocenters. The summed E-state index contributed by atoms with van der Waals surface area (Å²) in [5, 5.41) is 26.7. The fourth-order valence-electron chi connectivity index (χ4n) is 7.64. The number of halogens is 2. The SMILES string of the molecule is CC(=O)[C@H](CC(=O)O)NC(=O)CCCN1CCc2c(nc(C(=O)Nc3cccc(-c4cccc(NC(=O)c5nc6c(n5C)CCN(CCCC(=O)O)C6)c4Cl)c3Cl)n2C)C1. The Morgan fingerprint density at radius 2 is 1.18 bits per heavy atom. The number of fused-ring (bicyclic) bond motifs is 2. The van der Waals surface area contributed by atoms with Crippen LogP contribution in [0, 0.1) is 0 Å². The molecule has 5 N–H and O–H groups in total. The molecule has 17 nitrogen and oxygen atoms in total. The van der Waals surface area contributed by atoms with Crippen molar-refractivity contribution in [1.82, 2.24) is 34.2 Å². The Balaban J connectivity index is 1.08. The quantitative estimate of drug-likeness (QED) is 0.0988. The third-order valence-electron chi connectivity index (χ3n) is 10.8. The molecule has 4 heterocycles. The summed E-state index contributed by atoms with van der Waals surface area (Å²) in [5.74, 6) is -3.30. The van der Waals surface area contributed by atoms with Crippen molar-refractivity contribution in [2.75, 3.05) is 36.8 Å². The number of amides is 3. The summed E-state index contributed by atoms with van der Waals surface area (Å²) >= 11 is 13.8. The van der Waals surface area contributed by atoms with Crippen molar-refractivity contribution in [3.63, 3.8) is 0 Å². The fraction of sp³-hybridized carbons (Fsp3) is 0.415. The molecule has 0 fully saturated rings. The Hall–Kier alpha value is -5.62. The number of aromatic nitrogens is 4. The molecule has 0 saturated heterocycles. The summed E-state index contributed by atoms with van der Waals surface area (Å²) in [6.45, 7) is 4.84. The lowest BCUT2D eigenvalue weighted by molar-refractivity contribution is -0.140. The first kappa shape index (κ1) is 43.9. The second-order valence-corrected chi connectivity index (χ2v) is 15.8. The van der Waals surface area contributed by atoms with Crippen LogP contribution in [0.3, 0.4) is 0 Å². The lowest BCUT2D eigenvalue weighted by Gasteiger charge is -2.26. The maximum absolute atomic E-state index is 13.7. The molecule has 0 bridgehead atoms. The van der Waals surface area contributed by atoms with Gasteiger partial charge in [0.1, 0.15) is 0 Å². The van der Waals surface area contributed by atoms with E-state index in [-0.39, 0.29) is 34.5 Å². The van der Waals surface area contributed by atoms with Crippen molar-refractivity contribution in [1.29, 1.82) is 0 Å². The standard InChI is InChI=1S/C41H47Cl2N9O8/c1-23(53)28(20-35(57)58)44-33(54)12-6-16-51-18-14-31-29(21-51)45-38(49(31)2)40(59)47-26-10-4-8-24(36(26)42)25-9-5-11-27(37(25)43)48-41(60)39-46-30-22-52(17-7-13-34(55)56)19-15-32(30)50(39)3/h4-5,8-11,28H,6-7,12-22H2,1-3H3,(H,44,54)(H,47,59)(H,48,60)(H,55,56)(H,57,58)/t28-/m0/s1. The summed E-state index contributed by atoms with van der Waals surface area (Å²) in [4.78, 5) is 86.9. The van der Waals surface area contributed by atoms with Gasteiger partial charge in [-0.05, 0) is 45.0 Å². The molecular weight excluding hydrogens is 817 g/mol. The number of Topliss-reactive ketones (excluding diaryl/α,β-unsaturated/α-hetero) is 1. The normalized spacial score (nSPS) is 14.5. The molecule has 2 aromatic heterocycles. The van der Waals surface area contributed by atoms with Gasteiger partial charge in [-0.3, -0.25) is 38.6 Å². The van der Waals surface area contributed by atoms with E-state index in [0.29, 0.717) is 80.9 Å². The molecule has 1 atom stereocenters. The highest BCUT2D eigenvalue weighted by Gasteiger charge is 2.28. The van der Waals surface area contributed by atoms with E-state index in [1.54, 1.807) is 59.6 Å². The number of carboxylic acid groups (broad SMARTS) is 2. The van der Waals surface area contributed by atoms with Gasteiger partial charge in [0, 0.05) is 88.5 Å². The van der Waals surface area contributed by atoms with Gasteiger partial charge in [-0.2, -0.15) is 0 Å². The molecule has 0 saturated carbocycles. The zero-order valence-electron chi connectivity index (χ0n) is 33.5. The lowest BCUT2D eigenvalue weighted by atomic mass is 10.0. The Morgan fingerprint density at radius 1 is 0.717 bits per heavy atom. The zero-order valence-corrected chi connectivity index (χ0v) is 35.0. The molecule has 318 valence electrons. The van der Waals surface area contributed by atoms with Gasteiger partial charge in [0.25, 0.3) is 11.8 Å². The predicted octanol–water partition coefficient (Wildman–Crippen LogP) is 4.54. The molecule has 0 radical (unpaired) electrons. The number of imidazole rings is 2. The maximum atomic E-state index is 13.7. The molecule has 0 spiro atoms. The van der Waals surface area contributed by atoms with Gasteiger partial charge in [0.2, 0.25) is 5.91 Å². The average molecular weight is 865 g/mol. The van der Waals surface area contributed by atoms with E-state index in [9.17, 15) is 28.8 Å². The molecule has 3 amide bonds. The van der Waals surface area contributed by atoms with Crippen LogP contribution in [-0.2, 0) is 59.2 Å². The molecule has 60 heavy (non-hydrogen) atoms. The first-order chi connectivity index (χ1) is 28.6. The number of nitrogens with zero attached hydrogens (tertiary/aromatic N) is 6. The van der Waals surface area contributed by atoms with Crippen molar-refractivity contribution >= 4 is 70.0 Å². The molecule has 2 aromatic carbocycles. The molecule has 6 rings (SSSR count). The van der Waals surface area contributed by atoms with E-state index in [2.05, 4.69) is 35.7 Å². The summed E-state index contributed by atoms with van der Waals surface area (Å²) in [6.07, 6.45) is 2.07. The van der Waals surface area contributed by atoms with E-state index < -0.39 is 47.9 Å². The van der Waals surface area contributed by atoms with Gasteiger partial charge in [-0.15, -0.1) is 0 Å². The number of nitrogens with one attached hydrogen (secondary N) is 3. The second-order valence-electron chi connectivity index (χ2n) is 15.0. The number of aliphatic carboxylic acids is 2. The number of carbonyl (C=O) groups is 6. The lowest BCUT2D eigenvalue weighted by Crippen LogP contribution is -2.41. The first-order valence-corrected chi connectivity index (χ1v) is 20.3. The highest BCUT2D eigenvalue weighted by atomic mass is 35.5. The van der Waals surface area contributed by atoms with Gasteiger partial charge in [-0.1, -0.05) is 47.5 Å². The van der Waals surface area contributed by atoms with E-state index >= 15 is 0 Å². The van der Waals surface area contributed by atoms with Gasteiger partial charge < -0.3 is 35.3 Å². The van der Waals surface area contributed by atoms with Crippen LogP contribution in [0.2, 0.25) is 10.0 Å². The van der Waals surface area contributed by atoms with E-state index in [0.717, 1.165) is 29.3 Å². The summed E-state index contributed by atoms with van der Waals surface area (Å²) < 4.78 is 3.54. The molecular formula is C41H47Cl2N9O8. The smallest absolute Gasteiger partial charge is 0.305 e. The van der Waals surface area contributed by atoms with Crippen LogP contribution in [0.1, 0.15) is 83.0 Å². The van der Waals surface area contributed by atoms with Crippen molar-refractivity contribution in [2.45, 2.75) is 71.0 Å². The van der Waals surface area contributed by atoms with E-state index in [1.165, 1.54) is 6.92 Å². The second kappa shape index (κ2) is 19.2. The van der Waals surface area contributed by atoms with Crippen LogP contribution in [0.5, 0.6) is 0 Å². The minimum absolute atomic E-state index is 0.0952. The largest absolute Gasteiger partial charge is 0.481 e. The van der Waals surface area contributed by atoms with Crippen molar-refractivity contribution in [3.8, 4) is 11.1 Å². The van der Waals surface area contributed by atoms with Crippen molar-refractivity contribution in [2.24, 2.45) is 14.1 Å². The maximum Gasteiger partial charge on any atom is 0.305 e. The summed E-state index contributed by atoms with van der Waals surface area (Å²) in [7, 11) is 3.57. The van der Waals surface area contributed by atoms with Gasteiger partial charge in [0.15, 0.2) is 17.4 Å². The fourth-order valence-corrected chi connectivity index (χ4v) is 8.19. The summed E-state index contributed by atoms with van der Waals surface area (Å²) in [6, 6.07) is 9.27. The third kappa shape index (κ3) is 10.2. The molecule has 2 aliphatic heterocycles. The minimum atomic E-state index is -1.17. The van der Waals surface area contributed by atoms with Gasteiger partial charge in [-0.25, -0.2) is 9.97 Å². The summed E-state index contributed by atoms with van der Waals surface area (Å²) in [5.41, 5.74) is 5.10. The number of ketones is 1. The average Bonchev–Trinajstić information content (AvgIpc) is 3.71. The molecule has 0 aliphatic carbocycles. The van der Waals surface area contributed by atoms with Crippen molar-refractivity contribution in [3.05, 3.63) is 80.9 Å². The van der Waals surface area contributed by atoms with Crippen LogP contribution in [0.4, 0.5) is 11.4 Å². The Bertz CT molecular complexity index is 2340. The predicted molar refractivity (Wildman–Crippen MR) is 223 cm³/mol. The zero-order chi connectivity index (χ0) is 43.2. The van der Waals surface area contributed by atoms with Crippen LogP contribution >= 0.6 is 23.2 Å². The Labute approximate surface area is 356 Å². The number of carboxylic acids is 2. The minimum Gasteiger partial charge on any atom is -0.481 e. The Kier molecular flexibility index (Phi) is 14.0. The highest BCUT2D eigenvalue weighted by Crippen LogP contribution is 2.40. The Morgan fingerprint density at radius 3 is 1.62 bits per heavy atom. The van der Waals surface area contributed by atoms with Crippen LogP contribution in [0.15, 0.2) is 36.4 Å². The molecule has 19 heteroatoms. The van der Waals surface area contributed by atoms with Crippen LogP contribution < -0.4 is 16.0 Å².